The molecule has 2 rings (SSSR count). The fraction of sp³-hybridized carbons (Fsp3) is 0.300. The molecule has 3 N–H and O–H groups in total. The zero-order valence-corrected chi connectivity index (χ0v) is 12.4. The van der Waals surface area contributed by atoms with Gasteiger partial charge in [-0.1, -0.05) is 0 Å². The van der Waals surface area contributed by atoms with Crippen LogP contribution in [0, 0.1) is 2.88 Å². The van der Waals surface area contributed by atoms with Crippen LogP contribution >= 0.6 is 33.9 Å². The Morgan fingerprint density at radius 2 is 2.41 bits per heavy atom. The van der Waals surface area contributed by atoms with Crippen LogP contribution in [0.25, 0.3) is 0 Å². The van der Waals surface area contributed by atoms with E-state index < -0.39 is 0 Å². The van der Waals surface area contributed by atoms with E-state index in [1.807, 2.05) is 7.05 Å². The number of nitrogens with two attached hydrogens (primary N) is 1. The van der Waals surface area contributed by atoms with Crippen molar-refractivity contribution in [2.24, 2.45) is 12.9 Å². The maximum absolute atomic E-state index is 5.65. The van der Waals surface area contributed by atoms with E-state index in [4.69, 9.17) is 10.6 Å². The lowest BCUT2D eigenvalue weighted by Gasteiger charge is -2.16. The van der Waals surface area contributed by atoms with E-state index in [0.29, 0.717) is 0 Å². The molecule has 2 aromatic rings. The van der Waals surface area contributed by atoms with Crippen molar-refractivity contribution in [1.82, 2.24) is 15.2 Å². The second-order valence-electron chi connectivity index (χ2n) is 3.51. The fourth-order valence-electron chi connectivity index (χ4n) is 1.72. The summed E-state index contributed by atoms with van der Waals surface area (Å²) in [5, 5.41) is 6.27. The summed E-state index contributed by atoms with van der Waals surface area (Å²) in [6.07, 6.45) is 1.69. The second-order valence-corrected chi connectivity index (χ2v) is 6.31. The molecular formula is C10H13IN4OS. The molecule has 7 heteroatoms. The molecular weight excluding hydrogens is 351 g/mol. The van der Waals surface area contributed by atoms with Crippen LogP contribution in [0.4, 0.5) is 0 Å². The Morgan fingerprint density at radius 3 is 2.94 bits per heavy atom. The van der Waals surface area contributed by atoms with Crippen molar-refractivity contribution >= 4 is 33.9 Å². The molecule has 0 spiro atoms. The number of rotatable bonds is 4. The largest absolute Gasteiger partial charge is 0.493 e. The molecule has 0 radical (unpaired) electrons. The molecule has 0 saturated carbocycles. The van der Waals surface area contributed by atoms with Crippen LogP contribution in [0.2, 0.25) is 0 Å². The third kappa shape index (κ3) is 2.46. The van der Waals surface area contributed by atoms with Crippen LogP contribution in [0.15, 0.2) is 17.6 Å². The Labute approximate surface area is 117 Å². The lowest BCUT2D eigenvalue weighted by atomic mass is 10.1. The molecule has 17 heavy (non-hydrogen) atoms. The van der Waals surface area contributed by atoms with E-state index in [-0.39, 0.29) is 6.04 Å². The van der Waals surface area contributed by atoms with E-state index in [1.54, 1.807) is 29.3 Å². The number of hydrogen-bond acceptors (Lipinski definition) is 5. The smallest absolute Gasteiger partial charge is 0.161 e. The topological polar surface area (TPSA) is 65.1 Å². The molecule has 0 fully saturated rings. The standard InChI is InChI=1S/C10H13IN4OS/c1-15-10(7(16-2)4-13-15)9(14-12)6-3-8(11)17-5-6/h3-5,9,14H,12H2,1-2H3. The zero-order valence-electron chi connectivity index (χ0n) is 9.48. The van der Waals surface area contributed by atoms with Crippen molar-refractivity contribution in [3.05, 3.63) is 31.8 Å². The van der Waals surface area contributed by atoms with Gasteiger partial charge in [-0.15, -0.1) is 11.3 Å². The van der Waals surface area contributed by atoms with Gasteiger partial charge in [0.1, 0.15) is 5.69 Å². The number of aryl methyl sites for hydroxylation is 1. The maximum atomic E-state index is 5.65. The highest BCUT2D eigenvalue weighted by molar-refractivity contribution is 14.1. The molecule has 1 atom stereocenters. The van der Waals surface area contributed by atoms with Gasteiger partial charge in [-0.25, -0.2) is 5.43 Å². The van der Waals surface area contributed by atoms with Gasteiger partial charge in [0.15, 0.2) is 5.75 Å². The number of halogens is 1. The number of nitrogens with one attached hydrogen (secondary N) is 1. The maximum Gasteiger partial charge on any atom is 0.161 e. The number of ether oxygens (including phenoxy) is 1. The monoisotopic (exact) mass is 364 g/mol. The van der Waals surface area contributed by atoms with Crippen molar-refractivity contribution < 1.29 is 4.74 Å². The van der Waals surface area contributed by atoms with Gasteiger partial charge in [0, 0.05) is 7.05 Å². The van der Waals surface area contributed by atoms with Crippen LogP contribution < -0.4 is 16.0 Å². The average molecular weight is 364 g/mol. The lowest BCUT2D eigenvalue weighted by Crippen LogP contribution is -2.30. The summed E-state index contributed by atoms with van der Waals surface area (Å²) in [5.74, 6) is 6.39. The highest BCUT2D eigenvalue weighted by Crippen LogP contribution is 2.31. The quantitative estimate of drug-likeness (QED) is 0.492. The first-order valence-corrected chi connectivity index (χ1v) is 6.89. The van der Waals surface area contributed by atoms with E-state index in [0.717, 1.165) is 17.0 Å². The Morgan fingerprint density at radius 1 is 1.65 bits per heavy atom. The molecule has 1 unspecified atom stereocenters. The van der Waals surface area contributed by atoms with E-state index in [9.17, 15) is 0 Å². The minimum atomic E-state index is -0.114. The van der Waals surface area contributed by atoms with Gasteiger partial charge in [-0.2, -0.15) is 5.10 Å². The van der Waals surface area contributed by atoms with Gasteiger partial charge in [0.05, 0.1) is 22.2 Å². The van der Waals surface area contributed by atoms with Gasteiger partial charge in [-0.3, -0.25) is 10.5 Å². The fourth-order valence-corrected chi connectivity index (χ4v) is 3.12. The summed E-state index contributed by atoms with van der Waals surface area (Å²) in [4.78, 5) is 0. The Bertz CT molecular complexity index is 510. The Hall–Kier alpha value is -0.640. The Balaban J connectivity index is 2.44. The summed E-state index contributed by atoms with van der Waals surface area (Å²) in [7, 11) is 3.50. The van der Waals surface area contributed by atoms with E-state index in [2.05, 4.69) is 44.6 Å². The van der Waals surface area contributed by atoms with E-state index in [1.165, 1.54) is 2.88 Å². The van der Waals surface area contributed by atoms with Crippen LogP contribution in [0.5, 0.6) is 5.75 Å². The number of hydrazine groups is 1. The van der Waals surface area contributed by atoms with Gasteiger partial charge < -0.3 is 4.74 Å². The highest BCUT2D eigenvalue weighted by atomic mass is 127. The van der Waals surface area contributed by atoms with Crippen LogP contribution in [-0.2, 0) is 7.05 Å². The summed E-state index contributed by atoms with van der Waals surface area (Å²) in [6.45, 7) is 0. The number of nitrogens with zero attached hydrogens (tertiary/aromatic N) is 2. The van der Waals surface area contributed by atoms with Gasteiger partial charge in [0.2, 0.25) is 0 Å². The summed E-state index contributed by atoms with van der Waals surface area (Å²) in [5.41, 5.74) is 4.85. The molecule has 0 aliphatic rings. The van der Waals surface area contributed by atoms with Crippen molar-refractivity contribution in [2.45, 2.75) is 6.04 Å². The van der Waals surface area contributed by atoms with Crippen molar-refractivity contribution in [1.29, 1.82) is 0 Å². The molecule has 0 aromatic carbocycles. The van der Waals surface area contributed by atoms with Crippen molar-refractivity contribution in [3.8, 4) is 5.75 Å². The number of thiophene rings is 1. The zero-order chi connectivity index (χ0) is 12.4. The number of aromatic nitrogens is 2. The number of methoxy groups -OCH3 is 1. The first-order valence-electron chi connectivity index (χ1n) is 4.93. The first-order chi connectivity index (χ1) is 8.17. The molecule has 0 saturated heterocycles. The summed E-state index contributed by atoms with van der Waals surface area (Å²) in [6, 6.07) is 1.99. The third-order valence-corrected chi connectivity index (χ3v) is 4.34. The number of hydrogen-bond donors (Lipinski definition) is 2. The SMILES string of the molecule is COc1cnn(C)c1C(NN)c1csc(I)c1. The molecule has 0 bridgehead atoms. The molecule has 0 aliphatic heterocycles. The first kappa shape index (κ1) is 12.8. The minimum absolute atomic E-state index is 0.114. The summed E-state index contributed by atoms with van der Waals surface area (Å²) < 4.78 is 8.29. The van der Waals surface area contributed by atoms with E-state index >= 15 is 0 Å². The minimum Gasteiger partial charge on any atom is -0.493 e. The molecule has 0 aliphatic carbocycles. The second kappa shape index (κ2) is 5.34. The summed E-state index contributed by atoms with van der Waals surface area (Å²) >= 11 is 3.98. The Kier molecular flexibility index (Phi) is 4.02. The van der Waals surface area contributed by atoms with Gasteiger partial charge in [0.25, 0.3) is 0 Å². The van der Waals surface area contributed by atoms with Gasteiger partial charge in [-0.05, 0) is 39.6 Å². The molecule has 5 nitrogen and oxygen atoms in total. The van der Waals surface area contributed by atoms with Crippen molar-refractivity contribution in [2.75, 3.05) is 7.11 Å². The van der Waals surface area contributed by atoms with Crippen molar-refractivity contribution in [3.63, 3.8) is 0 Å². The van der Waals surface area contributed by atoms with Crippen LogP contribution in [0.1, 0.15) is 17.3 Å². The molecule has 0 amide bonds. The molecule has 2 heterocycles. The van der Waals surface area contributed by atoms with Gasteiger partial charge >= 0.3 is 0 Å². The normalized spacial score (nSPS) is 12.7. The highest BCUT2D eigenvalue weighted by Gasteiger charge is 2.22. The third-order valence-electron chi connectivity index (χ3n) is 2.53. The lowest BCUT2D eigenvalue weighted by molar-refractivity contribution is 0.401. The predicted octanol–water partition coefficient (Wildman–Crippen LogP) is 1.65. The molecule has 2 aromatic heterocycles. The van der Waals surface area contributed by atoms with Crippen LogP contribution in [-0.4, -0.2) is 16.9 Å². The van der Waals surface area contributed by atoms with Crippen LogP contribution in [0.3, 0.4) is 0 Å². The average Bonchev–Trinajstić information content (AvgIpc) is 2.89. The predicted molar refractivity (Wildman–Crippen MR) is 76.0 cm³/mol. The molecule has 92 valence electrons.